The minimum absolute atomic E-state index is 0.0189. The van der Waals surface area contributed by atoms with Gasteiger partial charge >= 0.3 is 6.18 Å². The first kappa shape index (κ1) is 26.2. The molecule has 10 nitrogen and oxygen atoms in total. The van der Waals surface area contributed by atoms with Crippen molar-refractivity contribution in [1.29, 1.82) is 0 Å². The van der Waals surface area contributed by atoms with E-state index in [0.29, 0.717) is 28.8 Å². The van der Waals surface area contributed by atoms with Crippen molar-refractivity contribution in [3.63, 3.8) is 0 Å². The molecule has 1 atom stereocenters. The van der Waals surface area contributed by atoms with Gasteiger partial charge in [0, 0.05) is 37.3 Å². The molecule has 14 heteroatoms. The van der Waals surface area contributed by atoms with Crippen LogP contribution in [0.1, 0.15) is 36.6 Å². The highest BCUT2D eigenvalue weighted by molar-refractivity contribution is 7.91. The van der Waals surface area contributed by atoms with Gasteiger partial charge in [-0.2, -0.15) is 13.2 Å². The maximum absolute atomic E-state index is 14.2. The Hall–Kier alpha value is -3.42. The van der Waals surface area contributed by atoms with E-state index in [-0.39, 0.29) is 29.9 Å². The third-order valence-electron chi connectivity index (χ3n) is 7.15. The molecule has 0 unspecified atom stereocenters. The number of ether oxygens (including phenoxy) is 1. The summed E-state index contributed by atoms with van der Waals surface area (Å²) in [5, 5.41) is 4.41. The second-order valence-electron chi connectivity index (χ2n) is 9.57. The van der Waals surface area contributed by atoms with E-state index in [0.717, 1.165) is 37.5 Å². The van der Waals surface area contributed by atoms with Gasteiger partial charge in [-0.3, -0.25) is 4.79 Å². The number of amides is 1. The van der Waals surface area contributed by atoms with E-state index in [2.05, 4.69) is 15.1 Å². The van der Waals surface area contributed by atoms with Gasteiger partial charge in [0.05, 0.1) is 36.2 Å². The number of sulfone groups is 1. The van der Waals surface area contributed by atoms with Crippen LogP contribution in [-0.2, 0) is 21.1 Å². The Bertz CT molecular complexity index is 1440. The molecule has 1 amide bonds. The van der Waals surface area contributed by atoms with E-state index in [1.54, 1.807) is 16.8 Å². The Labute approximate surface area is 217 Å². The van der Waals surface area contributed by atoms with Crippen molar-refractivity contribution in [2.24, 2.45) is 5.92 Å². The number of carbonyl (C=O) groups excluding carboxylic acids is 1. The fraction of sp³-hybridized carbons (Fsp3) is 0.500. The molecule has 5 heterocycles. The molecular formula is C24H27F3N6O4S. The molecule has 0 bridgehead atoms. The molecule has 204 valence electrons. The number of pyridine rings is 1. The Morgan fingerprint density at radius 1 is 1.18 bits per heavy atom. The zero-order chi connectivity index (χ0) is 27.2. The monoisotopic (exact) mass is 552 g/mol. The van der Waals surface area contributed by atoms with Gasteiger partial charge in [-0.05, 0) is 31.7 Å². The van der Waals surface area contributed by atoms with E-state index >= 15 is 0 Å². The molecule has 3 aromatic rings. The Morgan fingerprint density at radius 3 is 2.55 bits per heavy atom. The highest BCUT2D eigenvalue weighted by atomic mass is 32.2. The van der Waals surface area contributed by atoms with Gasteiger partial charge in [0.15, 0.2) is 11.7 Å². The zero-order valence-corrected chi connectivity index (χ0v) is 21.7. The van der Waals surface area contributed by atoms with Crippen molar-refractivity contribution < 1.29 is 31.1 Å². The smallest absolute Gasteiger partial charge is 0.413 e. The summed E-state index contributed by atoms with van der Waals surface area (Å²) < 4.78 is 72.8. The molecule has 3 aromatic heterocycles. The summed E-state index contributed by atoms with van der Waals surface area (Å²) >= 11 is 0. The third-order valence-corrected chi connectivity index (χ3v) is 8.86. The van der Waals surface area contributed by atoms with Crippen LogP contribution >= 0.6 is 0 Å². The number of halogens is 3. The largest absolute Gasteiger partial charge is 0.480 e. The summed E-state index contributed by atoms with van der Waals surface area (Å²) in [6.07, 6.45) is -0.372. The number of carbonyl (C=O) groups is 1. The normalized spacial score (nSPS) is 18.7. The second kappa shape index (κ2) is 9.71. The standard InChI is InChI=1S/C24H27F3N6O4S/c1-31(23(34)15-7-10-38(35,36)11-8-15)22(24(25,26)27)16-5-6-19(28-13-16)32-9-3-4-17-18(32)14-29-20-12-21(37-2)30-33(17)20/h5-6,12-15,22H,3-4,7-11H2,1-2H3/t22-/m0/s1. The van der Waals surface area contributed by atoms with Crippen molar-refractivity contribution in [2.75, 3.05) is 37.1 Å². The summed E-state index contributed by atoms with van der Waals surface area (Å²) in [6, 6.07) is 2.34. The van der Waals surface area contributed by atoms with Crippen LogP contribution in [0, 0.1) is 5.92 Å². The zero-order valence-electron chi connectivity index (χ0n) is 20.8. The number of alkyl halides is 3. The Kier molecular flexibility index (Phi) is 6.70. The summed E-state index contributed by atoms with van der Waals surface area (Å²) in [6.45, 7) is 0.594. The number of rotatable bonds is 5. The molecule has 2 aliphatic rings. The highest BCUT2D eigenvalue weighted by Gasteiger charge is 2.47. The summed E-state index contributed by atoms with van der Waals surface area (Å²) in [4.78, 5) is 24.2. The molecule has 38 heavy (non-hydrogen) atoms. The molecule has 0 N–H and O–H groups in total. The number of aromatic nitrogens is 4. The van der Waals surface area contributed by atoms with Crippen molar-refractivity contribution in [3.05, 3.63) is 41.9 Å². The molecule has 1 fully saturated rings. The number of nitrogens with zero attached hydrogens (tertiary/aromatic N) is 6. The van der Waals surface area contributed by atoms with Gasteiger partial charge in [-0.1, -0.05) is 6.07 Å². The first-order chi connectivity index (χ1) is 18.0. The SMILES string of the molecule is COc1cc2ncc3c(n2n1)CCCN3c1ccc([C@H](N(C)C(=O)C2CCS(=O)(=O)CC2)C(F)(F)F)cn1. The topological polar surface area (TPSA) is 110 Å². The van der Waals surface area contributed by atoms with Crippen molar-refractivity contribution in [1.82, 2.24) is 24.5 Å². The van der Waals surface area contributed by atoms with Crippen molar-refractivity contribution in [2.45, 2.75) is 37.9 Å². The maximum Gasteiger partial charge on any atom is 0.413 e. The van der Waals surface area contributed by atoms with E-state index in [1.807, 2.05) is 4.90 Å². The van der Waals surface area contributed by atoms with Gasteiger partial charge in [0.1, 0.15) is 15.7 Å². The molecule has 0 spiro atoms. The van der Waals surface area contributed by atoms with Crippen LogP contribution in [0.3, 0.4) is 0 Å². The number of aryl methyl sites for hydroxylation is 1. The van der Waals surface area contributed by atoms with Crippen LogP contribution in [0.15, 0.2) is 30.6 Å². The number of fused-ring (bicyclic) bond motifs is 3. The predicted octanol–water partition coefficient (Wildman–Crippen LogP) is 3.10. The van der Waals surface area contributed by atoms with Crippen molar-refractivity contribution >= 4 is 32.9 Å². The quantitative estimate of drug-likeness (QED) is 0.475. The fourth-order valence-electron chi connectivity index (χ4n) is 5.18. The van der Waals surface area contributed by atoms with Crippen LogP contribution in [0.2, 0.25) is 0 Å². The first-order valence-electron chi connectivity index (χ1n) is 12.2. The molecule has 2 aliphatic heterocycles. The fourth-order valence-corrected chi connectivity index (χ4v) is 6.67. The molecular weight excluding hydrogens is 525 g/mol. The molecule has 1 saturated heterocycles. The third kappa shape index (κ3) is 4.88. The lowest BCUT2D eigenvalue weighted by Crippen LogP contribution is -2.44. The van der Waals surface area contributed by atoms with Crippen LogP contribution in [0.5, 0.6) is 5.88 Å². The van der Waals surface area contributed by atoms with Crippen LogP contribution in [0.4, 0.5) is 24.7 Å². The number of hydrogen-bond donors (Lipinski definition) is 0. The predicted molar refractivity (Wildman–Crippen MR) is 132 cm³/mol. The molecule has 0 saturated carbocycles. The average Bonchev–Trinajstić information content (AvgIpc) is 3.32. The molecule has 0 aliphatic carbocycles. The van der Waals surface area contributed by atoms with Gasteiger partial charge in [0.25, 0.3) is 0 Å². The van der Waals surface area contributed by atoms with Crippen LogP contribution in [0.25, 0.3) is 5.65 Å². The maximum atomic E-state index is 14.2. The van der Waals surface area contributed by atoms with Gasteiger partial charge < -0.3 is 14.5 Å². The van der Waals surface area contributed by atoms with E-state index in [1.165, 1.54) is 19.2 Å². The highest BCUT2D eigenvalue weighted by Crippen LogP contribution is 2.39. The van der Waals surface area contributed by atoms with Crippen LogP contribution in [-0.4, -0.2) is 77.2 Å². The van der Waals surface area contributed by atoms with E-state index < -0.39 is 33.9 Å². The van der Waals surface area contributed by atoms with Crippen molar-refractivity contribution in [3.8, 4) is 5.88 Å². The van der Waals surface area contributed by atoms with Crippen LogP contribution < -0.4 is 9.64 Å². The minimum Gasteiger partial charge on any atom is -0.480 e. The lowest BCUT2D eigenvalue weighted by molar-refractivity contribution is -0.190. The Balaban J connectivity index is 1.41. The van der Waals surface area contributed by atoms with Gasteiger partial charge in [0.2, 0.25) is 11.8 Å². The average molecular weight is 553 g/mol. The van der Waals surface area contributed by atoms with E-state index in [9.17, 15) is 26.4 Å². The first-order valence-corrected chi connectivity index (χ1v) is 14.0. The van der Waals surface area contributed by atoms with Gasteiger partial charge in [-0.15, -0.1) is 5.10 Å². The number of methoxy groups -OCH3 is 1. The van der Waals surface area contributed by atoms with Gasteiger partial charge in [-0.25, -0.2) is 22.9 Å². The number of anilines is 2. The summed E-state index contributed by atoms with van der Waals surface area (Å²) in [5.74, 6) is -1.02. The lowest BCUT2D eigenvalue weighted by atomic mass is 9.98. The summed E-state index contributed by atoms with van der Waals surface area (Å²) in [7, 11) is -0.625. The number of hydrogen-bond acceptors (Lipinski definition) is 8. The summed E-state index contributed by atoms with van der Waals surface area (Å²) in [5.41, 5.74) is 2.09. The second-order valence-corrected chi connectivity index (χ2v) is 11.9. The lowest BCUT2D eigenvalue weighted by Gasteiger charge is -2.34. The molecule has 0 aromatic carbocycles. The molecule has 0 radical (unpaired) electrons. The molecule has 5 rings (SSSR count). The van der Waals surface area contributed by atoms with E-state index in [4.69, 9.17) is 4.74 Å². The minimum atomic E-state index is -4.75. The Morgan fingerprint density at radius 2 is 1.92 bits per heavy atom.